The number of piperidine rings is 1. The summed E-state index contributed by atoms with van der Waals surface area (Å²) < 4.78 is 0. The van der Waals surface area contributed by atoms with Crippen LogP contribution in [0.3, 0.4) is 0 Å². The summed E-state index contributed by atoms with van der Waals surface area (Å²) in [7, 11) is 0. The van der Waals surface area contributed by atoms with Gasteiger partial charge in [-0.3, -0.25) is 4.79 Å². The van der Waals surface area contributed by atoms with E-state index in [2.05, 4.69) is 21.6 Å². The summed E-state index contributed by atoms with van der Waals surface area (Å²) in [6.45, 7) is 3.28. The highest BCUT2D eigenvalue weighted by Gasteiger charge is 2.44. The molecule has 4 heteroatoms. The lowest BCUT2D eigenvalue weighted by Crippen LogP contribution is -2.58. The van der Waals surface area contributed by atoms with Gasteiger partial charge in [-0.2, -0.15) is 0 Å². The van der Waals surface area contributed by atoms with E-state index in [1.165, 1.54) is 38.6 Å². The molecule has 2 fully saturated rings. The number of hydrogen-bond acceptors (Lipinski definition) is 3. The maximum absolute atomic E-state index is 12.6. The number of rotatable bonds is 2. The second-order valence-corrected chi connectivity index (χ2v) is 7.51. The lowest BCUT2D eigenvalue weighted by atomic mass is 9.83. The number of para-hydroxylation sites is 2. The van der Waals surface area contributed by atoms with Crippen molar-refractivity contribution in [1.82, 2.24) is 4.90 Å². The van der Waals surface area contributed by atoms with Crippen molar-refractivity contribution < 1.29 is 4.79 Å². The molecule has 0 bridgehead atoms. The zero-order valence-electron chi connectivity index (χ0n) is 13.8. The van der Waals surface area contributed by atoms with Crippen LogP contribution in [0.2, 0.25) is 0 Å². The standard InChI is InChI=1S/C19H27N3O/c23-18-19(21-17-9-5-4-8-16(17)20-18)10-12-22(13-11-19)14-15-6-2-1-3-7-15/h4-5,8-9,15,21H,1-3,6-7,10-14H2,(H,20,23). The van der Waals surface area contributed by atoms with Crippen molar-refractivity contribution in [2.45, 2.75) is 50.5 Å². The number of nitrogens with one attached hydrogen (secondary N) is 2. The molecule has 1 saturated heterocycles. The minimum Gasteiger partial charge on any atom is -0.369 e. The lowest BCUT2D eigenvalue weighted by Gasteiger charge is -2.45. The molecular weight excluding hydrogens is 286 g/mol. The van der Waals surface area contributed by atoms with Crippen LogP contribution in [-0.2, 0) is 4.79 Å². The Morgan fingerprint density at radius 3 is 2.48 bits per heavy atom. The fraction of sp³-hybridized carbons (Fsp3) is 0.632. The first kappa shape index (κ1) is 15.0. The van der Waals surface area contributed by atoms with E-state index in [0.717, 1.165) is 43.2 Å². The summed E-state index contributed by atoms with van der Waals surface area (Å²) in [5, 5.41) is 6.64. The van der Waals surface area contributed by atoms with Gasteiger partial charge in [0.05, 0.1) is 11.4 Å². The molecule has 1 spiro atoms. The molecule has 0 aromatic heterocycles. The minimum atomic E-state index is -0.405. The predicted molar refractivity (Wildman–Crippen MR) is 93.7 cm³/mol. The van der Waals surface area contributed by atoms with Crippen LogP contribution in [0.1, 0.15) is 44.9 Å². The summed E-state index contributed by atoms with van der Waals surface area (Å²) >= 11 is 0. The minimum absolute atomic E-state index is 0.147. The molecule has 1 saturated carbocycles. The van der Waals surface area contributed by atoms with Crippen LogP contribution in [0, 0.1) is 5.92 Å². The molecule has 2 aliphatic heterocycles. The Kier molecular flexibility index (Phi) is 4.02. The maximum Gasteiger partial charge on any atom is 0.250 e. The third kappa shape index (κ3) is 2.97. The van der Waals surface area contributed by atoms with Gasteiger partial charge < -0.3 is 15.5 Å². The fourth-order valence-corrected chi connectivity index (χ4v) is 4.46. The van der Waals surface area contributed by atoms with E-state index in [-0.39, 0.29) is 5.91 Å². The van der Waals surface area contributed by atoms with Gasteiger partial charge in [0, 0.05) is 19.6 Å². The van der Waals surface area contributed by atoms with Crippen molar-refractivity contribution in [3.8, 4) is 0 Å². The lowest BCUT2D eigenvalue weighted by molar-refractivity contribution is -0.122. The number of hydrogen-bond donors (Lipinski definition) is 2. The Morgan fingerprint density at radius 1 is 1.04 bits per heavy atom. The quantitative estimate of drug-likeness (QED) is 0.879. The van der Waals surface area contributed by atoms with E-state index in [9.17, 15) is 4.79 Å². The average Bonchev–Trinajstić information content (AvgIpc) is 2.59. The van der Waals surface area contributed by atoms with Crippen molar-refractivity contribution in [3.05, 3.63) is 24.3 Å². The van der Waals surface area contributed by atoms with E-state index in [0.29, 0.717) is 0 Å². The molecule has 2 N–H and O–H groups in total. The number of anilines is 2. The second-order valence-electron chi connectivity index (χ2n) is 7.51. The first-order chi connectivity index (χ1) is 11.3. The predicted octanol–water partition coefficient (Wildman–Crippen LogP) is 3.47. The third-order valence-electron chi connectivity index (χ3n) is 5.93. The van der Waals surface area contributed by atoms with Crippen molar-refractivity contribution >= 4 is 17.3 Å². The molecule has 124 valence electrons. The molecule has 2 heterocycles. The van der Waals surface area contributed by atoms with Gasteiger partial charge in [-0.1, -0.05) is 31.4 Å². The molecule has 1 aromatic carbocycles. The van der Waals surface area contributed by atoms with Crippen LogP contribution >= 0.6 is 0 Å². The van der Waals surface area contributed by atoms with Gasteiger partial charge in [0.1, 0.15) is 5.54 Å². The van der Waals surface area contributed by atoms with Gasteiger partial charge in [0.15, 0.2) is 0 Å². The summed E-state index contributed by atoms with van der Waals surface area (Å²) in [4.78, 5) is 15.2. The molecule has 0 atom stereocenters. The molecule has 4 rings (SSSR count). The van der Waals surface area contributed by atoms with Gasteiger partial charge in [-0.05, 0) is 43.7 Å². The molecule has 3 aliphatic rings. The van der Waals surface area contributed by atoms with Crippen LogP contribution < -0.4 is 10.6 Å². The molecule has 1 aliphatic carbocycles. The highest BCUT2D eigenvalue weighted by atomic mass is 16.2. The maximum atomic E-state index is 12.6. The van der Waals surface area contributed by atoms with E-state index in [4.69, 9.17) is 0 Å². The van der Waals surface area contributed by atoms with Crippen LogP contribution in [-0.4, -0.2) is 36.0 Å². The average molecular weight is 313 g/mol. The number of benzene rings is 1. The number of carbonyl (C=O) groups is 1. The number of amides is 1. The smallest absolute Gasteiger partial charge is 0.250 e. The zero-order valence-corrected chi connectivity index (χ0v) is 13.8. The molecule has 1 amide bonds. The van der Waals surface area contributed by atoms with E-state index in [1.807, 2.05) is 18.2 Å². The molecule has 1 aromatic rings. The van der Waals surface area contributed by atoms with Crippen LogP contribution in [0.4, 0.5) is 11.4 Å². The third-order valence-corrected chi connectivity index (χ3v) is 5.93. The SMILES string of the molecule is O=C1Nc2ccccc2NC12CCN(CC1CCCCC1)CC2. The van der Waals surface area contributed by atoms with Gasteiger partial charge in [-0.15, -0.1) is 0 Å². The van der Waals surface area contributed by atoms with Crippen LogP contribution in [0.5, 0.6) is 0 Å². The summed E-state index contributed by atoms with van der Waals surface area (Å²) in [5.41, 5.74) is 1.57. The van der Waals surface area contributed by atoms with E-state index >= 15 is 0 Å². The monoisotopic (exact) mass is 313 g/mol. The number of nitrogens with zero attached hydrogens (tertiary/aromatic N) is 1. The second kappa shape index (κ2) is 6.16. The van der Waals surface area contributed by atoms with Crippen molar-refractivity contribution in [2.75, 3.05) is 30.3 Å². The highest BCUT2D eigenvalue weighted by molar-refractivity contribution is 6.06. The Bertz CT molecular complexity index is 572. The highest BCUT2D eigenvalue weighted by Crippen LogP contribution is 2.36. The largest absolute Gasteiger partial charge is 0.369 e. The molecule has 0 unspecified atom stereocenters. The summed E-state index contributed by atoms with van der Waals surface area (Å²) in [6, 6.07) is 8.01. The van der Waals surface area contributed by atoms with Gasteiger partial charge in [0.2, 0.25) is 5.91 Å². The molecule has 23 heavy (non-hydrogen) atoms. The Hall–Kier alpha value is -1.55. The van der Waals surface area contributed by atoms with Crippen LogP contribution in [0.15, 0.2) is 24.3 Å². The number of fused-ring (bicyclic) bond motifs is 1. The molecular formula is C19H27N3O. The van der Waals surface area contributed by atoms with Crippen molar-refractivity contribution in [3.63, 3.8) is 0 Å². The van der Waals surface area contributed by atoms with E-state index < -0.39 is 5.54 Å². The topological polar surface area (TPSA) is 44.4 Å². The Balaban J connectivity index is 1.39. The number of likely N-dealkylation sites (tertiary alicyclic amines) is 1. The van der Waals surface area contributed by atoms with Gasteiger partial charge in [-0.25, -0.2) is 0 Å². The summed E-state index contributed by atoms with van der Waals surface area (Å²) in [6.07, 6.45) is 8.83. The van der Waals surface area contributed by atoms with Crippen molar-refractivity contribution in [1.29, 1.82) is 0 Å². The summed E-state index contributed by atoms with van der Waals surface area (Å²) in [5.74, 6) is 1.03. The van der Waals surface area contributed by atoms with Gasteiger partial charge in [0.25, 0.3) is 0 Å². The van der Waals surface area contributed by atoms with Gasteiger partial charge >= 0.3 is 0 Å². The van der Waals surface area contributed by atoms with Crippen molar-refractivity contribution in [2.24, 2.45) is 5.92 Å². The normalized spacial score (nSPS) is 24.8. The Morgan fingerprint density at radius 2 is 1.74 bits per heavy atom. The molecule has 0 radical (unpaired) electrons. The fourth-order valence-electron chi connectivity index (χ4n) is 4.46. The number of carbonyl (C=O) groups excluding carboxylic acids is 1. The first-order valence-corrected chi connectivity index (χ1v) is 9.16. The van der Waals surface area contributed by atoms with Crippen LogP contribution in [0.25, 0.3) is 0 Å². The van der Waals surface area contributed by atoms with E-state index in [1.54, 1.807) is 0 Å². The zero-order chi connectivity index (χ0) is 15.7. The first-order valence-electron chi connectivity index (χ1n) is 9.16. The molecule has 4 nitrogen and oxygen atoms in total. The Labute approximate surface area is 138 Å².